The van der Waals surface area contributed by atoms with Crippen LogP contribution in [0.3, 0.4) is 0 Å². The van der Waals surface area contributed by atoms with Crippen LogP contribution in [0.2, 0.25) is 5.02 Å². The number of rotatable bonds is 3. The maximum absolute atomic E-state index is 12.6. The monoisotopic (exact) mass is 366 g/mol. The molecule has 4 nitrogen and oxygen atoms in total. The summed E-state index contributed by atoms with van der Waals surface area (Å²) in [5, 5.41) is 5.66. The molecule has 0 spiro atoms. The average molecular weight is 367 g/mol. The van der Waals surface area contributed by atoms with Gasteiger partial charge in [-0.3, -0.25) is 9.78 Å². The second-order valence-corrected chi connectivity index (χ2v) is 7.12. The zero-order chi connectivity index (χ0) is 18.1. The van der Waals surface area contributed by atoms with Gasteiger partial charge in [0, 0.05) is 29.4 Å². The standard InChI is InChI=1S/C21H19ClN2O2/c1-21(10-4-12-26-21)20(25)24-15-7-8-18(22)17(13-15)19-16-6-3-2-5-14(16)9-11-23-19/h2-3,5-9,11,13H,4,10,12H2,1H3,(H,24,25). The Morgan fingerprint density at radius 1 is 1.23 bits per heavy atom. The molecule has 0 aliphatic carbocycles. The van der Waals surface area contributed by atoms with Crippen molar-refractivity contribution in [2.24, 2.45) is 0 Å². The first-order valence-electron chi connectivity index (χ1n) is 8.66. The van der Waals surface area contributed by atoms with E-state index in [0.29, 0.717) is 17.3 Å². The topological polar surface area (TPSA) is 51.2 Å². The summed E-state index contributed by atoms with van der Waals surface area (Å²) in [6.45, 7) is 2.45. The number of fused-ring (bicyclic) bond motifs is 1. The number of anilines is 1. The van der Waals surface area contributed by atoms with Crippen molar-refractivity contribution in [1.82, 2.24) is 4.98 Å². The zero-order valence-corrected chi connectivity index (χ0v) is 15.2. The second-order valence-electron chi connectivity index (χ2n) is 6.71. The number of benzene rings is 2. The Morgan fingerprint density at radius 2 is 2.08 bits per heavy atom. The highest BCUT2D eigenvalue weighted by molar-refractivity contribution is 6.33. The number of pyridine rings is 1. The molecule has 132 valence electrons. The van der Waals surface area contributed by atoms with Crippen LogP contribution in [-0.4, -0.2) is 23.1 Å². The fraction of sp³-hybridized carbons (Fsp3) is 0.238. The fourth-order valence-corrected chi connectivity index (χ4v) is 3.55. The number of ether oxygens (including phenoxy) is 1. The van der Waals surface area contributed by atoms with Crippen molar-refractivity contribution in [2.45, 2.75) is 25.4 Å². The van der Waals surface area contributed by atoms with Gasteiger partial charge >= 0.3 is 0 Å². The Morgan fingerprint density at radius 3 is 2.88 bits per heavy atom. The quantitative estimate of drug-likeness (QED) is 0.704. The first-order valence-corrected chi connectivity index (χ1v) is 9.04. The molecule has 1 saturated heterocycles. The number of carbonyl (C=O) groups is 1. The van der Waals surface area contributed by atoms with Crippen molar-refractivity contribution in [2.75, 3.05) is 11.9 Å². The van der Waals surface area contributed by atoms with Crippen molar-refractivity contribution in [3.63, 3.8) is 0 Å². The van der Waals surface area contributed by atoms with Crippen LogP contribution in [0.5, 0.6) is 0 Å². The maximum Gasteiger partial charge on any atom is 0.256 e. The van der Waals surface area contributed by atoms with E-state index >= 15 is 0 Å². The van der Waals surface area contributed by atoms with Crippen LogP contribution in [0.25, 0.3) is 22.0 Å². The molecule has 2 aromatic carbocycles. The molecule has 1 aromatic heterocycles. The average Bonchev–Trinajstić information content (AvgIpc) is 3.11. The van der Waals surface area contributed by atoms with Gasteiger partial charge in [-0.15, -0.1) is 0 Å². The maximum atomic E-state index is 12.6. The van der Waals surface area contributed by atoms with Crippen LogP contribution in [-0.2, 0) is 9.53 Å². The molecule has 0 bridgehead atoms. The summed E-state index contributed by atoms with van der Waals surface area (Å²) in [6.07, 6.45) is 3.40. The van der Waals surface area contributed by atoms with Crippen molar-refractivity contribution in [1.29, 1.82) is 0 Å². The minimum Gasteiger partial charge on any atom is -0.365 e. The summed E-state index contributed by atoms with van der Waals surface area (Å²) in [5.74, 6) is -0.130. The third-order valence-electron chi connectivity index (χ3n) is 4.85. The smallest absolute Gasteiger partial charge is 0.256 e. The van der Waals surface area contributed by atoms with E-state index in [1.54, 1.807) is 18.3 Å². The number of hydrogen-bond acceptors (Lipinski definition) is 3. The van der Waals surface area contributed by atoms with Crippen LogP contribution in [0.1, 0.15) is 19.8 Å². The molecular weight excluding hydrogens is 348 g/mol. The first kappa shape index (κ1) is 17.0. The third kappa shape index (κ3) is 3.06. The van der Waals surface area contributed by atoms with Crippen LogP contribution >= 0.6 is 11.6 Å². The highest BCUT2D eigenvalue weighted by atomic mass is 35.5. The van der Waals surface area contributed by atoms with E-state index in [2.05, 4.69) is 10.3 Å². The number of halogens is 1. The molecule has 26 heavy (non-hydrogen) atoms. The predicted molar refractivity (Wildman–Crippen MR) is 104 cm³/mol. The van der Waals surface area contributed by atoms with Crippen molar-refractivity contribution in [3.05, 3.63) is 59.8 Å². The third-order valence-corrected chi connectivity index (χ3v) is 5.18. The largest absolute Gasteiger partial charge is 0.365 e. The van der Waals surface area contributed by atoms with Crippen LogP contribution in [0.15, 0.2) is 54.7 Å². The highest BCUT2D eigenvalue weighted by Crippen LogP contribution is 2.34. The second kappa shape index (κ2) is 6.71. The summed E-state index contributed by atoms with van der Waals surface area (Å²) in [6, 6.07) is 15.5. The number of nitrogens with one attached hydrogen (secondary N) is 1. The first-order chi connectivity index (χ1) is 12.6. The molecule has 3 aromatic rings. The summed E-state index contributed by atoms with van der Waals surface area (Å²) < 4.78 is 5.62. The number of amides is 1. The van der Waals surface area contributed by atoms with Gasteiger partial charge in [-0.2, -0.15) is 0 Å². The van der Waals surface area contributed by atoms with Gasteiger partial charge in [-0.1, -0.05) is 35.9 Å². The van der Waals surface area contributed by atoms with Gasteiger partial charge in [0.15, 0.2) is 0 Å². The summed E-state index contributed by atoms with van der Waals surface area (Å²) in [4.78, 5) is 17.1. The van der Waals surface area contributed by atoms with Crippen molar-refractivity contribution >= 4 is 34.0 Å². The molecule has 1 fully saturated rings. The Bertz CT molecular complexity index is 975. The molecule has 5 heteroatoms. The van der Waals surface area contributed by atoms with Gasteiger partial charge in [-0.05, 0) is 49.4 Å². The van der Waals surface area contributed by atoms with Gasteiger partial charge < -0.3 is 10.1 Å². The summed E-state index contributed by atoms with van der Waals surface area (Å²) in [7, 11) is 0. The Labute approximate surface area is 157 Å². The van der Waals surface area contributed by atoms with E-state index < -0.39 is 5.60 Å². The van der Waals surface area contributed by atoms with Gasteiger partial charge in [0.1, 0.15) is 5.60 Å². The van der Waals surface area contributed by atoms with Gasteiger partial charge in [0.05, 0.1) is 10.7 Å². The zero-order valence-electron chi connectivity index (χ0n) is 14.5. The molecule has 1 aliphatic heterocycles. The fourth-order valence-electron chi connectivity index (χ4n) is 3.34. The van der Waals surface area contributed by atoms with E-state index in [-0.39, 0.29) is 5.91 Å². The molecule has 1 aliphatic rings. The minimum atomic E-state index is -0.766. The van der Waals surface area contributed by atoms with Gasteiger partial charge in [0.25, 0.3) is 5.91 Å². The van der Waals surface area contributed by atoms with E-state index in [1.807, 2.05) is 43.3 Å². The molecule has 1 unspecified atom stereocenters. The van der Waals surface area contributed by atoms with Crippen LogP contribution < -0.4 is 5.32 Å². The van der Waals surface area contributed by atoms with Crippen LogP contribution in [0.4, 0.5) is 5.69 Å². The highest BCUT2D eigenvalue weighted by Gasteiger charge is 2.37. The normalized spacial score (nSPS) is 19.6. The summed E-state index contributed by atoms with van der Waals surface area (Å²) >= 11 is 6.44. The number of hydrogen-bond donors (Lipinski definition) is 1. The van der Waals surface area contributed by atoms with Crippen LogP contribution in [0, 0.1) is 0 Å². The van der Waals surface area contributed by atoms with E-state index in [1.165, 1.54) is 0 Å². The molecule has 1 atom stereocenters. The Hall–Kier alpha value is -2.43. The lowest BCUT2D eigenvalue weighted by Crippen LogP contribution is -2.39. The Balaban J connectivity index is 1.72. The predicted octanol–water partition coefficient (Wildman–Crippen LogP) is 5.06. The SMILES string of the molecule is CC1(C(=O)Nc2ccc(Cl)c(-c3nccc4ccccc34)c2)CCCO1. The molecule has 1 amide bonds. The lowest BCUT2D eigenvalue weighted by molar-refractivity contribution is -0.133. The number of carbonyl (C=O) groups excluding carboxylic acids is 1. The molecule has 4 rings (SSSR count). The van der Waals surface area contributed by atoms with E-state index in [0.717, 1.165) is 34.9 Å². The van der Waals surface area contributed by atoms with Gasteiger partial charge in [0.2, 0.25) is 0 Å². The lowest BCUT2D eigenvalue weighted by atomic mass is 10.0. The molecule has 0 saturated carbocycles. The lowest BCUT2D eigenvalue weighted by Gasteiger charge is -2.22. The van der Waals surface area contributed by atoms with Crippen molar-refractivity contribution in [3.8, 4) is 11.3 Å². The molecule has 2 heterocycles. The van der Waals surface area contributed by atoms with Gasteiger partial charge in [-0.25, -0.2) is 0 Å². The molecule has 1 N–H and O–H groups in total. The van der Waals surface area contributed by atoms with E-state index in [9.17, 15) is 4.79 Å². The minimum absolute atomic E-state index is 0.130. The number of aromatic nitrogens is 1. The molecule has 0 radical (unpaired) electrons. The van der Waals surface area contributed by atoms with Crippen molar-refractivity contribution < 1.29 is 9.53 Å². The van der Waals surface area contributed by atoms with E-state index in [4.69, 9.17) is 16.3 Å². The number of nitrogens with zero attached hydrogens (tertiary/aromatic N) is 1. The molecular formula is C21H19ClN2O2. The summed E-state index contributed by atoms with van der Waals surface area (Å²) in [5.41, 5.74) is 1.50. The Kier molecular flexibility index (Phi) is 4.39.